The van der Waals surface area contributed by atoms with Crippen LogP contribution in [0.5, 0.6) is 0 Å². The molecule has 0 saturated carbocycles. The predicted molar refractivity (Wildman–Crippen MR) is 131 cm³/mol. The van der Waals surface area contributed by atoms with Crippen molar-refractivity contribution in [2.75, 3.05) is 12.3 Å². The maximum Gasteiger partial charge on any atom is 0.338 e. The standard InChI is InChI=1S/C25H24N6O6/c1-13-3-7-15(8-4-13)23(33)35-12-18-17(37-24(34)16-9-5-14(2)6-10-16)11-19(36-18)31-21-20(29-30-31)22(32)28-25(26)27-21/h3-10,17-19H,11-12H2,1-2H3,(H3,26,27,28,32)/t17-,18+,19+/m0/s1. The van der Waals surface area contributed by atoms with Crippen LogP contribution in [-0.4, -0.2) is 55.7 Å². The Morgan fingerprint density at radius 1 is 1.05 bits per heavy atom. The van der Waals surface area contributed by atoms with Crippen molar-refractivity contribution in [3.05, 3.63) is 81.1 Å². The highest BCUT2D eigenvalue weighted by atomic mass is 16.6. The fourth-order valence-electron chi connectivity index (χ4n) is 4.00. The van der Waals surface area contributed by atoms with Crippen LogP contribution in [0.1, 0.15) is 44.5 Å². The van der Waals surface area contributed by atoms with Gasteiger partial charge in [-0.05, 0) is 38.1 Å². The normalized spacial score (nSPS) is 19.1. The highest BCUT2D eigenvalue weighted by molar-refractivity contribution is 5.90. The molecular weight excluding hydrogens is 480 g/mol. The molecule has 3 N–H and O–H groups in total. The summed E-state index contributed by atoms with van der Waals surface area (Å²) in [6.45, 7) is 3.65. The SMILES string of the molecule is Cc1ccc(C(=O)OC[C@H]2O[C@@H](n3nnc4c(=O)[nH]c(N)nc43)C[C@@H]2OC(=O)c2ccc(C)cc2)cc1. The number of esters is 2. The van der Waals surface area contributed by atoms with Crippen LogP contribution in [0.3, 0.4) is 0 Å². The van der Waals surface area contributed by atoms with Gasteiger partial charge in [0, 0.05) is 6.42 Å². The summed E-state index contributed by atoms with van der Waals surface area (Å²) < 4.78 is 18.6. The maximum absolute atomic E-state index is 12.8. The van der Waals surface area contributed by atoms with Crippen LogP contribution in [-0.2, 0) is 14.2 Å². The number of fused-ring (bicyclic) bond motifs is 1. The van der Waals surface area contributed by atoms with E-state index in [1.807, 2.05) is 13.8 Å². The third kappa shape index (κ3) is 5.05. The molecule has 0 amide bonds. The van der Waals surface area contributed by atoms with Gasteiger partial charge in [-0.1, -0.05) is 40.6 Å². The number of nitrogen functional groups attached to an aromatic ring is 1. The Morgan fingerprint density at radius 3 is 2.32 bits per heavy atom. The summed E-state index contributed by atoms with van der Waals surface area (Å²) in [7, 11) is 0. The zero-order valence-corrected chi connectivity index (χ0v) is 20.1. The van der Waals surface area contributed by atoms with E-state index < -0.39 is 35.9 Å². The molecule has 1 aliphatic rings. The molecule has 0 unspecified atom stereocenters. The Balaban J connectivity index is 1.38. The number of nitrogens with zero attached hydrogens (tertiary/aromatic N) is 4. The number of carbonyl (C=O) groups is 2. The first-order chi connectivity index (χ1) is 17.8. The Labute approximate surface area is 210 Å². The van der Waals surface area contributed by atoms with E-state index in [2.05, 4.69) is 20.3 Å². The molecule has 2 aromatic heterocycles. The number of aromatic amines is 1. The molecule has 0 aliphatic carbocycles. The van der Waals surface area contributed by atoms with Gasteiger partial charge in [-0.25, -0.2) is 9.59 Å². The number of ether oxygens (including phenoxy) is 3. The van der Waals surface area contributed by atoms with Crippen LogP contribution in [0.2, 0.25) is 0 Å². The van der Waals surface area contributed by atoms with Gasteiger partial charge in [0.2, 0.25) is 5.95 Å². The van der Waals surface area contributed by atoms with Crippen molar-refractivity contribution in [1.82, 2.24) is 25.0 Å². The van der Waals surface area contributed by atoms with E-state index in [0.29, 0.717) is 11.1 Å². The summed E-state index contributed by atoms with van der Waals surface area (Å²) in [5.41, 5.74) is 8.02. The lowest BCUT2D eigenvalue weighted by Crippen LogP contribution is -2.32. The Kier molecular flexibility index (Phi) is 6.40. The van der Waals surface area contributed by atoms with E-state index in [4.69, 9.17) is 19.9 Å². The molecule has 37 heavy (non-hydrogen) atoms. The van der Waals surface area contributed by atoms with Crippen LogP contribution in [0.15, 0.2) is 53.3 Å². The highest BCUT2D eigenvalue weighted by Gasteiger charge is 2.41. The monoisotopic (exact) mass is 504 g/mol. The van der Waals surface area contributed by atoms with E-state index in [1.54, 1.807) is 48.5 Å². The van der Waals surface area contributed by atoms with E-state index in [0.717, 1.165) is 11.1 Å². The van der Waals surface area contributed by atoms with Crippen molar-refractivity contribution in [2.24, 2.45) is 0 Å². The fraction of sp³-hybridized carbons (Fsp3) is 0.280. The molecule has 1 fully saturated rings. The van der Waals surface area contributed by atoms with E-state index in [1.165, 1.54) is 4.68 Å². The fourth-order valence-corrected chi connectivity index (χ4v) is 4.00. The van der Waals surface area contributed by atoms with Crippen molar-refractivity contribution >= 4 is 29.1 Å². The molecule has 0 bridgehead atoms. The quantitative estimate of drug-likeness (QED) is 0.371. The lowest BCUT2D eigenvalue weighted by atomic mass is 10.1. The van der Waals surface area contributed by atoms with Crippen molar-refractivity contribution in [3.63, 3.8) is 0 Å². The van der Waals surface area contributed by atoms with Crippen molar-refractivity contribution in [3.8, 4) is 0 Å². The van der Waals surface area contributed by atoms with Gasteiger partial charge in [0.1, 0.15) is 18.8 Å². The molecule has 190 valence electrons. The molecule has 0 radical (unpaired) electrons. The summed E-state index contributed by atoms with van der Waals surface area (Å²) >= 11 is 0. The summed E-state index contributed by atoms with van der Waals surface area (Å²) in [6.07, 6.45) is -2.26. The molecule has 12 nitrogen and oxygen atoms in total. The topological polar surface area (TPSA) is 164 Å². The lowest BCUT2D eigenvalue weighted by Gasteiger charge is -2.19. The molecule has 1 aliphatic heterocycles. The second-order valence-electron chi connectivity index (χ2n) is 8.80. The van der Waals surface area contributed by atoms with Crippen molar-refractivity contribution in [2.45, 2.75) is 38.7 Å². The zero-order chi connectivity index (χ0) is 26.1. The number of hydrogen-bond acceptors (Lipinski definition) is 10. The number of nitrogens with two attached hydrogens (primary N) is 1. The van der Waals surface area contributed by atoms with Crippen LogP contribution >= 0.6 is 0 Å². The first kappa shape index (κ1) is 24.1. The smallest absolute Gasteiger partial charge is 0.338 e. The van der Waals surface area contributed by atoms with Crippen molar-refractivity contribution < 1.29 is 23.8 Å². The molecule has 5 rings (SSSR count). The summed E-state index contributed by atoms with van der Waals surface area (Å²) in [5.74, 6) is -1.20. The first-order valence-corrected chi connectivity index (χ1v) is 11.6. The highest BCUT2D eigenvalue weighted by Crippen LogP contribution is 2.32. The van der Waals surface area contributed by atoms with Crippen LogP contribution in [0, 0.1) is 13.8 Å². The second-order valence-corrected chi connectivity index (χ2v) is 8.80. The van der Waals surface area contributed by atoms with Gasteiger partial charge in [0.15, 0.2) is 17.4 Å². The van der Waals surface area contributed by atoms with E-state index in [-0.39, 0.29) is 30.1 Å². The van der Waals surface area contributed by atoms with E-state index >= 15 is 0 Å². The maximum atomic E-state index is 12.8. The molecule has 2 aromatic carbocycles. The number of aromatic nitrogens is 5. The van der Waals surface area contributed by atoms with Crippen LogP contribution in [0.25, 0.3) is 11.2 Å². The molecule has 12 heteroatoms. The minimum Gasteiger partial charge on any atom is -0.459 e. The molecule has 3 atom stereocenters. The van der Waals surface area contributed by atoms with Gasteiger partial charge in [-0.3, -0.25) is 9.78 Å². The third-order valence-electron chi connectivity index (χ3n) is 6.02. The van der Waals surface area contributed by atoms with Gasteiger partial charge in [0.25, 0.3) is 5.56 Å². The number of nitrogens with one attached hydrogen (secondary N) is 1. The number of hydrogen-bond donors (Lipinski definition) is 2. The second kappa shape index (κ2) is 9.82. The number of aryl methyl sites for hydroxylation is 2. The van der Waals surface area contributed by atoms with Gasteiger partial charge in [-0.15, -0.1) is 5.10 Å². The molecule has 1 saturated heterocycles. The van der Waals surface area contributed by atoms with Crippen LogP contribution in [0.4, 0.5) is 5.95 Å². The number of H-pyrrole nitrogens is 1. The number of rotatable bonds is 6. The number of carbonyl (C=O) groups excluding carboxylic acids is 2. The Bertz CT molecular complexity index is 1510. The first-order valence-electron chi connectivity index (χ1n) is 11.6. The summed E-state index contributed by atoms with van der Waals surface area (Å²) in [4.78, 5) is 44.1. The Morgan fingerprint density at radius 2 is 1.68 bits per heavy atom. The Hall–Kier alpha value is -4.58. The average molecular weight is 505 g/mol. The van der Waals surface area contributed by atoms with Gasteiger partial charge >= 0.3 is 11.9 Å². The lowest BCUT2D eigenvalue weighted by molar-refractivity contribution is -0.0594. The molecule has 4 aromatic rings. The van der Waals surface area contributed by atoms with Gasteiger partial charge < -0.3 is 19.9 Å². The number of anilines is 1. The van der Waals surface area contributed by atoms with Crippen LogP contribution < -0.4 is 11.3 Å². The summed E-state index contributed by atoms with van der Waals surface area (Å²) in [6, 6.07) is 13.9. The van der Waals surface area contributed by atoms with Gasteiger partial charge in [-0.2, -0.15) is 9.67 Å². The molecule has 0 spiro atoms. The van der Waals surface area contributed by atoms with Crippen molar-refractivity contribution in [1.29, 1.82) is 0 Å². The van der Waals surface area contributed by atoms with Gasteiger partial charge in [0.05, 0.1) is 11.1 Å². The largest absolute Gasteiger partial charge is 0.459 e. The zero-order valence-electron chi connectivity index (χ0n) is 20.1. The minimum atomic E-state index is -0.813. The molecular formula is C25H24N6O6. The number of benzene rings is 2. The van der Waals surface area contributed by atoms with E-state index in [9.17, 15) is 14.4 Å². The minimum absolute atomic E-state index is 0.0137. The average Bonchev–Trinajstić information content (AvgIpc) is 3.47. The molecule has 3 heterocycles. The predicted octanol–water partition coefficient (Wildman–Crippen LogP) is 2.08. The summed E-state index contributed by atoms with van der Waals surface area (Å²) in [5, 5.41) is 7.87. The third-order valence-corrected chi connectivity index (χ3v) is 6.02.